The zero-order valence-corrected chi connectivity index (χ0v) is 12.9. The van der Waals surface area contributed by atoms with E-state index < -0.39 is 0 Å². The quantitative estimate of drug-likeness (QED) is 0.451. The van der Waals surface area contributed by atoms with Gasteiger partial charge in [-0.05, 0) is 38.5 Å². The third-order valence-corrected chi connectivity index (χ3v) is 3.56. The zero-order valence-electron chi connectivity index (χ0n) is 12.1. The van der Waals surface area contributed by atoms with Crippen molar-refractivity contribution in [3.05, 3.63) is 62.7 Å². The molecule has 0 amide bonds. The SMILES string of the molecule is Cc1ccc(Oc2cc(C)c([N+](=O)[O-])cc2C)c(CCl)c1. The summed E-state index contributed by atoms with van der Waals surface area (Å²) in [5.74, 6) is 1.63. The summed E-state index contributed by atoms with van der Waals surface area (Å²) in [5, 5.41) is 10.9. The van der Waals surface area contributed by atoms with Crippen LogP contribution in [0.1, 0.15) is 22.3 Å². The molecular formula is C16H16ClNO3. The van der Waals surface area contributed by atoms with Crippen LogP contribution in [-0.2, 0) is 5.88 Å². The van der Waals surface area contributed by atoms with Crippen molar-refractivity contribution in [1.29, 1.82) is 0 Å². The fraction of sp³-hybridized carbons (Fsp3) is 0.250. The maximum absolute atomic E-state index is 10.9. The van der Waals surface area contributed by atoms with Crippen LogP contribution < -0.4 is 4.74 Å². The number of alkyl halides is 1. The average Bonchev–Trinajstić information content (AvgIpc) is 2.43. The standard InChI is InChI=1S/C16H16ClNO3/c1-10-4-5-15(13(6-10)9-17)21-16-8-11(2)14(18(19)20)7-12(16)3/h4-8H,9H2,1-3H3. The van der Waals surface area contributed by atoms with Gasteiger partial charge in [-0.25, -0.2) is 0 Å². The van der Waals surface area contributed by atoms with Crippen molar-refractivity contribution in [3.63, 3.8) is 0 Å². The number of ether oxygens (including phenoxy) is 1. The van der Waals surface area contributed by atoms with Crippen molar-refractivity contribution in [2.75, 3.05) is 0 Å². The van der Waals surface area contributed by atoms with Gasteiger partial charge in [-0.15, -0.1) is 11.6 Å². The lowest BCUT2D eigenvalue weighted by Crippen LogP contribution is -1.96. The third-order valence-electron chi connectivity index (χ3n) is 3.27. The molecule has 2 aromatic rings. The Kier molecular flexibility index (Phi) is 4.48. The molecule has 2 aromatic carbocycles. The van der Waals surface area contributed by atoms with Gasteiger partial charge in [-0.2, -0.15) is 0 Å². The first-order valence-electron chi connectivity index (χ1n) is 6.51. The van der Waals surface area contributed by atoms with E-state index >= 15 is 0 Å². The highest BCUT2D eigenvalue weighted by molar-refractivity contribution is 6.17. The number of rotatable bonds is 4. The van der Waals surface area contributed by atoms with E-state index in [-0.39, 0.29) is 10.6 Å². The zero-order chi connectivity index (χ0) is 15.6. The Morgan fingerprint density at radius 2 is 1.81 bits per heavy atom. The summed E-state index contributed by atoms with van der Waals surface area (Å²) >= 11 is 5.94. The number of nitrogens with zero attached hydrogens (tertiary/aromatic N) is 1. The van der Waals surface area contributed by atoms with Gasteiger partial charge in [0.25, 0.3) is 5.69 Å². The molecule has 0 aliphatic rings. The number of halogens is 1. The van der Waals surface area contributed by atoms with Crippen LogP contribution >= 0.6 is 11.6 Å². The van der Waals surface area contributed by atoms with Gasteiger partial charge in [-0.1, -0.05) is 17.7 Å². The van der Waals surface area contributed by atoms with Gasteiger partial charge in [0.2, 0.25) is 0 Å². The molecule has 2 rings (SSSR count). The fourth-order valence-electron chi connectivity index (χ4n) is 2.11. The second kappa shape index (κ2) is 6.14. The summed E-state index contributed by atoms with van der Waals surface area (Å²) < 4.78 is 5.89. The molecule has 0 aliphatic heterocycles. The lowest BCUT2D eigenvalue weighted by Gasteiger charge is -2.13. The largest absolute Gasteiger partial charge is 0.457 e. The first-order valence-corrected chi connectivity index (χ1v) is 7.05. The van der Waals surface area contributed by atoms with Gasteiger partial charge in [0.1, 0.15) is 11.5 Å². The van der Waals surface area contributed by atoms with Gasteiger partial charge in [0, 0.05) is 17.2 Å². The smallest absolute Gasteiger partial charge is 0.272 e. The van der Waals surface area contributed by atoms with Crippen molar-refractivity contribution in [1.82, 2.24) is 0 Å². The number of aryl methyl sites for hydroxylation is 3. The second-order valence-corrected chi connectivity index (χ2v) is 5.28. The predicted molar refractivity (Wildman–Crippen MR) is 83.4 cm³/mol. The molecule has 0 N–H and O–H groups in total. The minimum absolute atomic E-state index is 0.0984. The lowest BCUT2D eigenvalue weighted by molar-refractivity contribution is -0.385. The van der Waals surface area contributed by atoms with Crippen LogP contribution in [-0.4, -0.2) is 4.92 Å². The Balaban J connectivity index is 2.41. The normalized spacial score (nSPS) is 10.5. The summed E-state index contributed by atoms with van der Waals surface area (Å²) in [6.45, 7) is 5.47. The molecule has 0 aromatic heterocycles. The number of hydrogen-bond acceptors (Lipinski definition) is 3. The Morgan fingerprint density at radius 1 is 1.10 bits per heavy atom. The van der Waals surface area contributed by atoms with Crippen LogP contribution in [0.4, 0.5) is 5.69 Å². The fourth-order valence-corrected chi connectivity index (χ4v) is 2.32. The highest BCUT2D eigenvalue weighted by Gasteiger charge is 2.15. The Morgan fingerprint density at radius 3 is 2.43 bits per heavy atom. The van der Waals surface area contributed by atoms with Crippen LogP contribution in [0.3, 0.4) is 0 Å². The molecule has 0 unspecified atom stereocenters. The van der Waals surface area contributed by atoms with Gasteiger partial charge in [0.15, 0.2) is 0 Å². The van der Waals surface area contributed by atoms with Gasteiger partial charge in [-0.3, -0.25) is 10.1 Å². The molecule has 5 heteroatoms. The van der Waals surface area contributed by atoms with E-state index in [1.54, 1.807) is 19.9 Å². The molecule has 0 spiro atoms. The molecule has 0 aliphatic carbocycles. The van der Waals surface area contributed by atoms with E-state index in [4.69, 9.17) is 16.3 Å². The van der Waals surface area contributed by atoms with Gasteiger partial charge < -0.3 is 4.74 Å². The minimum atomic E-state index is -0.387. The van der Waals surface area contributed by atoms with E-state index in [0.29, 0.717) is 28.5 Å². The van der Waals surface area contributed by atoms with E-state index in [1.165, 1.54) is 6.07 Å². The van der Waals surface area contributed by atoms with Crippen molar-refractivity contribution in [2.24, 2.45) is 0 Å². The van der Waals surface area contributed by atoms with Crippen LogP contribution in [0.25, 0.3) is 0 Å². The number of nitro groups is 1. The second-order valence-electron chi connectivity index (χ2n) is 5.01. The summed E-state index contributed by atoms with van der Waals surface area (Å²) in [5.41, 5.74) is 3.39. The molecule has 4 nitrogen and oxygen atoms in total. The Labute approximate surface area is 128 Å². The first-order chi connectivity index (χ1) is 9.92. The lowest BCUT2D eigenvalue weighted by atomic mass is 10.1. The predicted octanol–water partition coefficient (Wildman–Crippen LogP) is 5.05. The van der Waals surface area contributed by atoms with E-state index in [9.17, 15) is 10.1 Å². The summed E-state index contributed by atoms with van der Waals surface area (Å²) in [6.07, 6.45) is 0. The molecule has 110 valence electrons. The molecule has 0 atom stereocenters. The molecule has 0 heterocycles. The molecule has 0 bridgehead atoms. The van der Waals surface area contributed by atoms with Crippen molar-refractivity contribution >= 4 is 17.3 Å². The van der Waals surface area contributed by atoms with Gasteiger partial charge >= 0.3 is 0 Å². The average molecular weight is 306 g/mol. The number of benzene rings is 2. The maximum atomic E-state index is 10.9. The number of nitro benzene ring substituents is 1. The molecule has 0 saturated carbocycles. The molecule has 0 radical (unpaired) electrons. The van der Waals surface area contributed by atoms with E-state index in [1.807, 2.05) is 25.1 Å². The highest BCUT2D eigenvalue weighted by atomic mass is 35.5. The van der Waals surface area contributed by atoms with Crippen molar-refractivity contribution < 1.29 is 9.66 Å². The summed E-state index contributed by atoms with van der Waals surface area (Å²) in [7, 11) is 0. The highest BCUT2D eigenvalue weighted by Crippen LogP contribution is 2.33. The van der Waals surface area contributed by atoms with Crippen LogP contribution in [0, 0.1) is 30.9 Å². The van der Waals surface area contributed by atoms with Crippen molar-refractivity contribution in [2.45, 2.75) is 26.7 Å². The molecular weight excluding hydrogens is 290 g/mol. The topological polar surface area (TPSA) is 52.4 Å². The minimum Gasteiger partial charge on any atom is -0.457 e. The maximum Gasteiger partial charge on any atom is 0.272 e. The Hall–Kier alpha value is -2.07. The third kappa shape index (κ3) is 3.34. The van der Waals surface area contributed by atoms with Crippen LogP contribution in [0.15, 0.2) is 30.3 Å². The van der Waals surface area contributed by atoms with E-state index in [2.05, 4.69) is 0 Å². The number of hydrogen-bond donors (Lipinski definition) is 0. The van der Waals surface area contributed by atoms with Crippen LogP contribution in [0.2, 0.25) is 0 Å². The molecule has 0 saturated heterocycles. The van der Waals surface area contributed by atoms with Crippen LogP contribution in [0.5, 0.6) is 11.5 Å². The monoisotopic (exact) mass is 305 g/mol. The molecule has 0 fully saturated rings. The van der Waals surface area contributed by atoms with Crippen molar-refractivity contribution in [3.8, 4) is 11.5 Å². The van der Waals surface area contributed by atoms with Gasteiger partial charge in [0.05, 0.1) is 10.8 Å². The Bertz CT molecular complexity index is 698. The molecule has 21 heavy (non-hydrogen) atoms. The first kappa shape index (κ1) is 15.3. The summed E-state index contributed by atoms with van der Waals surface area (Å²) in [6, 6.07) is 8.99. The van der Waals surface area contributed by atoms with E-state index in [0.717, 1.165) is 11.1 Å². The summed E-state index contributed by atoms with van der Waals surface area (Å²) in [4.78, 5) is 10.5.